The number of guanidine groups is 1. The van der Waals surface area contributed by atoms with E-state index in [1.807, 2.05) is 6.07 Å². The highest BCUT2D eigenvalue weighted by Gasteiger charge is 2.26. The van der Waals surface area contributed by atoms with E-state index in [9.17, 15) is 4.79 Å². The lowest BCUT2D eigenvalue weighted by molar-refractivity contribution is -0.146. The highest BCUT2D eigenvalue weighted by atomic mass is 16.5. The number of aliphatic imine (C=N–C) groups is 1. The van der Waals surface area contributed by atoms with E-state index in [0.29, 0.717) is 13.2 Å². The number of esters is 1. The van der Waals surface area contributed by atoms with E-state index < -0.39 is 0 Å². The first-order valence-corrected chi connectivity index (χ1v) is 9.37. The van der Waals surface area contributed by atoms with Gasteiger partial charge in [0.2, 0.25) is 0 Å². The summed E-state index contributed by atoms with van der Waals surface area (Å²) >= 11 is 0. The summed E-state index contributed by atoms with van der Waals surface area (Å²) in [5, 5.41) is 3.34. The van der Waals surface area contributed by atoms with Gasteiger partial charge in [0.15, 0.2) is 5.96 Å². The summed E-state index contributed by atoms with van der Waals surface area (Å²) in [5.74, 6) is 1.74. The first-order chi connectivity index (χ1) is 12.6. The number of nitrogens with one attached hydrogen (secondary N) is 1. The van der Waals surface area contributed by atoms with Crippen molar-refractivity contribution in [2.45, 2.75) is 33.6 Å². The van der Waals surface area contributed by atoms with Crippen LogP contribution in [-0.2, 0) is 9.53 Å². The van der Waals surface area contributed by atoms with E-state index in [0.717, 1.165) is 55.3 Å². The molecule has 0 spiro atoms. The molecule has 1 saturated heterocycles. The van der Waals surface area contributed by atoms with Crippen LogP contribution in [0.2, 0.25) is 0 Å². The van der Waals surface area contributed by atoms with Gasteiger partial charge >= 0.3 is 5.97 Å². The minimum Gasteiger partial charge on any atom is -0.491 e. The van der Waals surface area contributed by atoms with Crippen LogP contribution in [-0.4, -0.2) is 56.7 Å². The van der Waals surface area contributed by atoms with Crippen LogP contribution in [0.15, 0.2) is 23.2 Å². The second-order valence-electron chi connectivity index (χ2n) is 6.59. The molecule has 26 heavy (non-hydrogen) atoms. The van der Waals surface area contributed by atoms with Crippen LogP contribution < -0.4 is 10.1 Å². The normalized spacial score (nSPS) is 15.7. The van der Waals surface area contributed by atoms with Gasteiger partial charge in [0.25, 0.3) is 0 Å². The standard InChI is InChI=1S/C20H31N3O3/c1-5-21-20(23-12-9-17(10-13-23)19(24)25-4)22-11-14-26-18-15(2)7-6-8-16(18)3/h6-8,17H,5,9-14H2,1-4H3,(H,21,22). The molecule has 1 aliphatic heterocycles. The van der Waals surface area contributed by atoms with Crippen LogP contribution in [0.25, 0.3) is 0 Å². The molecule has 0 atom stereocenters. The highest BCUT2D eigenvalue weighted by Crippen LogP contribution is 2.22. The molecule has 1 aromatic rings. The maximum Gasteiger partial charge on any atom is 0.308 e. The molecule has 0 radical (unpaired) electrons. The number of benzene rings is 1. The summed E-state index contributed by atoms with van der Waals surface area (Å²) in [6.07, 6.45) is 1.60. The van der Waals surface area contributed by atoms with Crippen molar-refractivity contribution in [3.63, 3.8) is 0 Å². The second-order valence-corrected chi connectivity index (χ2v) is 6.59. The van der Waals surface area contributed by atoms with Crippen LogP contribution in [0.5, 0.6) is 5.75 Å². The molecule has 1 aromatic carbocycles. The van der Waals surface area contributed by atoms with Crippen LogP contribution in [0.4, 0.5) is 0 Å². The minimum absolute atomic E-state index is 0.00601. The first kappa shape index (κ1) is 20.1. The summed E-state index contributed by atoms with van der Waals surface area (Å²) in [7, 11) is 1.45. The summed E-state index contributed by atoms with van der Waals surface area (Å²) in [5.41, 5.74) is 2.29. The Hall–Kier alpha value is -2.24. The Morgan fingerprint density at radius 2 is 1.92 bits per heavy atom. The molecule has 2 rings (SSSR count). The van der Waals surface area contributed by atoms with Gasteiger partial charge in [0.05, 0.1) is 19.6 Å². The molecule has 1 N–H and O–H groups in total. The average Bonchev–Trinajstić information content (AvgIpc) is 2.65. The summed E-state index contributed by atoms with van der Waals surface area (Å²) < 4.78 is 10.8. The van der Waals surface area contributed by atoms with Gasteiger partial charge in [-0.3, -0.25) is 4.79 Å². The molecule has 1 heterocycles. The average molecular weight is 361 g/mol. The van der Waals surface area contributed by atoms with Crippen molar-refractivity contribution in [1.29, 1.82) is 0 Å². The largest absolute Gasteiger partial charge is 0.491 e. The molecule has 0 bridgehead atoms. The lowest BCUT2D eigenvalue weighted by Gasteiger charge is -2.33. The number of aryl methyl sites for hydroxylation is 2. The fourth-order valence-corrected chi connectivity index (χ4v) is 3.25. The van der Waals surface area contributed by atoms with Crippen molar-refractivity contribution in [1.82, 2.24) is 10.2 Å². The topological polar surface area (TPSA) is 63.2 Å². The van der Waals surface area contributed by atoms with Gasteiger partial charge in [-0.15, -0.1) is 0 Å². The Morgan fingerprint density at radius 1 is 1.27 bits per heavy atom. The number of likely N-dealkylation sites (tertiary alicyclic amines) is 1. The van der Waals surface area contributed by atoms with Gasteiger partial charge in [0.1, 0.15) is 12.4 Å². The predicted molar refractivity (Wildman–Crippen MR) is 104 cm³/mol. The molecule has 144 valence electrons. The molecule has 6 nitrogen and oxygen atoms in total. The van der Waals surface area contributed by atoms with Gasteiger partial charge in [0, 0.05) is 19.6 Å². The van der Waals surface area contributed by atoms with Gasteiger partial charge in [-0.1, -0.05) is 18.2 Å². The third kappa shape index (κ3) is 5.38. The van der Waals surface area contributed by atoms with Crippen molar-refractivity contribution >= 4 is 11.9 Å². The third-order valence-electron chi connectivity index (χ3n) is 4.67. The van der Waals surface area contributed by atoms with Gasteiger partial charge in [-0.25, -0.2) is 4.99 Å². The van der Waals surface area contributed by atoms with E-state index in [4.69, 9.17) is 14.5 Å². The van der Waals surface area contributed by atoms with Gasteiger partial charge in [-0.2, -0.15) is 0 Å². The maximum absolute atomic E-state index is 11.7. The molecular formula is C20H31N3O3. The van der Waals surface area contributed by atoms with E-state index in [-0.39, 0.29) is 11.9 Å². The number of carbonyl (C=O) groups excluding carboxylic acids is 1. The minimum atomic E-state index is -0.103. The smallest absolute Gasteiger partial charge is 0.308 e. The van der Waals surface area contributed by atoms with E-state index in [1.54, 1.807) is 0 Å². The van der Waals surface area contributed by atoms with Crippen molar-refractivity contribution in [2.75, 3.05) is 39.9 Å². The monoisotopic (exact) mass is 361 g/mol. The molecule has 1 aliphatic rings. The van der Waals surface area contributed by atoms with Crippen molar-refractivity contribution in [2.24, 2.45) is 10.9 Å². The number of nitrogens with zero attached hydrogens (tertiary/aromatic N) is 2. The molecule has 6 heteroatoms. The Balaban J connectivity index is 1.88. The van der Waals surface area contributed by atoms with E-state index in [1.165, 1.54) is 7.11 Å². The van der Waals surface area contributed by atoms with Crippen molar-refractivity contribution in [3.8, 4) is 5.75 Å². The molecular weight excluding hydrogens is 330 g/mol. The predicted octanol–water partition coefficient (Wildman–Crippen LogP) is 2.53. The zero-order valence-corrected chi connectivity index (χ0v) is 16.4. The SMILES string of the molecule is CCNC(=NCCOc1c(C)cccc1C)N1CCC(C(=O)OC)CC1. The van der Waals surface area contributed by atoms with Crippen molar-refractivity contribution in [3.05, 3.63) is 29.3 Å². The number of carbonyl (C=O) groups is 1. The maximum atomic E-state index is 11.7. The van der Waals surface area contributed by atoms with Crippen LogP contribution in [0.1, 0.15) is 30.9 Å². The fourth-order valence-electron chi connectivity index (χ4n) is 3.25. The Morgan fingerprint density at radius 3 is 2.50 bits per heavy atom. The zero-order valence-electron chi connectivity index (χ0n) is 16.4. The van der Waals surface area contributed by atoms with Gasteiger partial charge < -0.3 is 19.7 Å². The van der Waals surface area contributed by atoms with Crippen LogP contribution in [0.3, 0.4) is 0 Å². The van der Waals surface area contributed by atoms with E-state index >= 15 is 0 Å². The number of methoxy groups -OCH3 is 1. The number of para-hydroxylation sites is 1. The van der Waals surface area contributed by atoms with Crippen molar-refractivity contribution < 1.29 is 14.3 Å². The molecule has 0 aliphatic carbocycles. The molecule has 0 amide bonds. The fraction of sp³-hybridized carbons (Fsp3) is 0.600. The Labute approximate surface area is 156 Å². The highest BCUT2D eigenvalue weighted by molar-refractivity contribution is 5.80. The zero-order chi connectivity index (χ0) is 18.9. The summed E-state index contributed by atoms with van der Waals surface area (Å²) in [6, 6.07) is 6.15. The van der Waals surface area contributed by atoms with Gasteiger partial charge in [-0.05, 0) is 44.7 Å². The summed E-state index contributed by atoms with van der Waals surface area (Å²) in [6.45, 7) is 9.73. The first-order valence-electron chi connectivity index (χ1n) is 9.37. The summed E-state index contributed by atoms with van der Waals surface area (Å²) in [4.78, 5) is 18.6. The van der Waals surface area contributed by atoms with E-state index in [2.05, 4.69) is 43.1 Å². The number of ether oxygens (including phenoxy) is 2. The second kappa shape index (κ2) is 10.0. The molecule has 0 unspecified atom stereocenters. The third-order valence-corrected chi connectivity index (χ3v) is 4.67. The Kier molecular flexibility index (Phi) is 7.75. The Bertz CT molecular complexity index is 602. The number of rotatable bonds is 6. The van der Waals surface area contributed by atoms with Crippen LogP contribution >= 0.6 is 0 Å². The number of hydrogen-bond acceptors (Lipinski definition) is 4. The molecule has 0 saturated carbocycles. The number of piperidine rings is 1. The molecule has 0 aromatic heterocycles. The number of hydrogen-bond donors (Lipinski definition) is 1. The van der Waals surface area contributed by atoms with Crippen LogP contribution in [0, 0.1) is 19.8 Å². The quantitative estimate of drug-likeness (QED) is 0.365. The lowest BCUT2D eigenvalue weighted by atomic mass is 9.97. The molecule has 1 fully saturated rings. The lowest BCUT2D eigenvalue weighted by Crippen LogP contribution is -2.46.